The van der Waals surface area contributed by atoms with Gasteiger partial charge in [0.2, 0.25) is 0 Å². The number of amides is 2. The second-order valence-corrected chi connectivity index (χ2v) is 7.84. The Bertz CT molecular complexity index is 1150. The van der Waals surface area contributed by atoms with Crippen LogP contribution in [0.2, 0.25) is 10.0 Å². The molecule has 0 atom stereocenters. The Kier molecular flexibility index (Phi) is 5.08. The molecule has 2 heterocycles. The maximum Gasteiger partial charge on any atom is 0.323 e. The van der Waals surface area contributed by atoms with E-state index in [1.54, 1.807) is 42.5 Å². The molecule has 2 aliphatic rings. The minimum absolute atomic E-state index is 0.145. The number of nitrogens with one attached hydrogen (secondary N) is 1. The van der Waals surface area contributed by atoms with Gasteiger partial charge in [0, 0.05) is 5.56 Å². The minimum atomic E-state index is -1.15. The number of hydrogen-bond acceptors (Lipinski definition) is 5. The lowest BCUT2D eigenvalue weighted by Crippen LogP contribution is -2.32. The predicted molar refractivity (Wildman–Crippen MR) is 113 cm³/mol. The van der Waals surface area contributed by atoms with E-state index in [1.807, 2.05) is 0 Å². The Morgan fingerprint density at radius 1 is 1.14 bits per heavy atom. The average Bonchev–Trinajstić information content (AvgIpc) is 3.16. The maximum atomic E-state index is 12.9. The number of fused-ring (bicyclic) bond motifs is 1. The number of benzene rings is 2. The highest BCUT2D eigenvalue weighted by Crippen LogP contribution is 2.43. The van der Waals surface area contributed by atoms with Gasteiger partial charge in [0.25, 0.3) is 11.8 Å². The molecule has 2 aliphatic heterocycles. The largest absolute Gasteiger partial charge is 0.480 e. The minimum Gasteiger partial charge on any atom is -0.480 e. The molecule has 29 heavy (non-hydrogen) atoms. The zero-order valence-corrected chi connectivity index (χ0v) is 16.8. The molecular formula is C19H11Cl2N3O4S. The lowest BCUT2D eigenvalue weighted by atomic mass is 10.1. The van der Waals surface area contributed by atoms with Crippen LogP contribution in [0.4, 0.5) is 11.4 Å². The number of thioether (sulfide) groups is 1. The van der Waals surface area contributed by atoms with Crippen LogP contribution in [0.5, 0.6) is 0 Å². The number of rotatable bonds is 3. The highest BCUT2D eigenvalue weighted by atomic mass is 35.5. The molecule has 2 N–H and O–H groups in total. The summed E-state index contributed by atoms with van der Waals surface area (Å²) in [6.45, 7) is -0.502. The molecule has 7 nitrogen and oxygen atoms in total. The second-order valence-electron chi connectivity index (χ2n) is 6.05. The van der Waals surface area contributed by atoms with Crippen LogP contribution in [-0.2, 0) is 14.4 Å². The van der Waals surface area contributed by atoms with Crippen molar-refractivity contribution in [1.82, 2.24) is 5.32 Å². The van der Waals surface area contributed by atoms with Gasteiger partial charge in [0.15, 0.2) is 5.17 Å². The number of carbonyl (C=O) groups is 3. The molecule has 2 aromatic rings. The smallest absolute Gasteiger partial charge is 0.323 e. The number of aliphatic imine (C=N–C) groups is 1. The highest BCUT2D eigenvalue weighted by molar-refractivity contribution is 8.18. The number of carboxylic acids is 1. The molecule has 0 bridgehead atoms. The first-order valence-electron chi connectivity index (χ1n) is 8.26. The number of carboxylic acid groups (broad SMARTS) is 1. The third-order valence-corrected chi connectivity index (χ3v) is 6.01. The summed E-state index contributed by atoms with van der Waals surface area (Å²) in [4.78, 5) is 42.3. The number of hydrogen-bond donors (Lipinski definition) is 2. The van der Waals surface area contributed by atoms with Crippen LogP contribution in [-0.4, -0.2) is 34.6 Å². The van der Waals surface area contributed by atoms with Crippen molar-refractivity contribution in [3.05, 3.63) is 63.0 Å². The molecule has 1 saturated heterocycles. The molecule has 0 saturated carbocycles. The fourth-order valence-electron chi connectivity index (χ4n) is 3.02. The first kappa shape index (κ1) is 19.5. The maximum absolute atomic E-state index is 12.9. The van der Waals surface area contributed by atoms with E-state index >= 15 is 0 Å². The van der Waals surface area contributed by atoms with E-state index in [1.165, 1.54) is 0 Å². The van der Waals surface area contributed by atoms with E-state index in [2.05, 4.69) is 10.3 Å². The number of aliphatic carboxylic acids is 1. The molecule has 4 rings (SSSR count). The Morgan fingerprint density at radius 2 is 1.90 bits per heavy atom. The summed E-state index contributed by atoms with van der Waals surface area (Å²) in [6, 6.07) is 11.7. The van der Waals surface area contributed by atoms with E-state index in [4.69, 9.17) is 28.3 Å². The van der Waals surface area contributed by atoms with Crippen LogP contribution < -0.4 is 10.2 Å². The van der Waals surface area contributed by atoms with Gasteiger partial charge in [-0.05, 0) is 30.0 Å². The summed E-state index contributed by atoms with van der Waals surface area (Å²) in [6.07, 6.45) is 0. The van der Waals surface area contributed by atoms with Crippen LogP contribution in [0.1, 0.15) is 5.56 Å². The van der Waals surface area contributed by atoms with Gasteiger partial charge in [-0.25, -0.2) is 4.99 Å². The molecule has 0 aliphatic carbocycles. The number of para-hydroxylation sites is 1. The molecule has 2 amide bonds. The van der Waals surface area contributed by atoms with Crippen LogP contribution in [0.3, 0.4) is 0 Å². The molecule has 0 radical (unpaired) electrons. The first-order chi connectivity index (χ1) is 13.9. The van der Waals surface area contributed by atoms with Gasteiger partial charge in [-0.3, -0.25) is 19.3 Å². The number of nitrogens with zero attached hydrogens (tertiary/aromatic N) is 2. The molecule has 0 aromatic heterocycles. The Labute approximate surface area is 179 Å². The van der Waals surface area contributed by atoms with Crippen molar-refractivity contribution in [3.63, 3.8) is 0 Å². The Balaban J connectivity index is 1.77. The fourth-order valence-corrected chi connectivity index (χ4v) is 4.28. The highest BCUT2D eigenvalue weighted by Gasteiger charge is 2.39. The van der Waals surface area contributed by atoms with Crippen molar-refractivity contribution >= 4 is 74.9 Å². The van der Waals surface area contributed by atoms with Gasteiger partial charge >= 0.3 is 5.97 Å². The number of anilines is 1. The van der Waals surface area contributed by atoms with Gasteiger partial charge in [0.1, 0.15) is 6.54 Å². The number of carbonyl (C=O) groups excluding carboxylic acids is 2. The van der Waals surface area contributed by atoms with Gasteiger partial charge in [0.05, 0.1) is 31.9 Å². The zero-order valence-electron chi connectivity index (χ0n) is 14.5. The quantitative estimate of drug-likeness (QED) is 0.698. The van der Waals surface area contributed by atoms with Gasteiger partial charge in [-0.2, -0.15) is 0 Å². The Morgan fingerprint density at radius 3 is 2.66 bits per heavy atom. The van der Waals surface area contributed by atoms with Crippen LogP contribution in [0, 0.1) is 0 Å². The average molecular weight is 448 g/mol. The summed E-state index contributed by atoms with van der Waals surface area (Å²) in [7, 11) is 0. The lowest BCUT2D eigenvalue weighted by molar-refractivity contribution is -0.136. The van der Waals surface area contributed by atoms with Crippen LogP contribution in [0.25, 0.3) is 5.57 Å². The molecule has 0 spiro atoms. The van der Waals surface area contributed by atoms with Crippen molar-refractivity contribution in [2.75, 3.05) is 11.4 Å². The fraction of sp³-hybridized carbons (Fsp3) is 0.0526. The Hall–Kier alpha value is -2.81. The van der Waals surface area contributed by atoms with Crippen molar-refractivity contribution < 1.29 is 19.5 Å². The van der Waals surface area contributed by atoms with E-state index in [9.17, 15) is 14.4 Å². The number of amidine groups is 1. The monoisotopic (exact) mass is 447 g/mol. The molecule has 1 fully saturated rings. The van der Waals surface area contributed by atoms with Gasteiger partial charge in [-0.1, -0.05) is 47.5 Å². The zero-order chi connectivity index (χ0) is 20.7. The van der Waals surface area contributed by atoms with E-state index < -0.39 is 24.3 Å². The molecule has 2 aromatic carbocycles. The topological polar surface area (TPSA) is 99.1 Å². The van der Waals surface area contributed by atoms with Crippen LogP contribution >= 0.6 is 35.0 Å². The summed E-state index contributed by atoms with van der Waals surface area (Å²) >= 11 is 13.1. The van der Waals surface area contributed by atoms with E-state index in [0.29, 0.717) is 22.0 Å². The second kappa shape index (κ2) is 7.55. The van der Waals surface area contributed by atoms with Gasteiger partial charge < -0.3 is 10.4 Å². The van der Waals surface area contributed by atoms with Crippen molar-refractivity contribution in [2.45, 2.75) is 0 Å². The van der Waals surface area contributed by atoms with Gasteiger partial charge in [-0.15, -0.1) is 0 Å². The van der Waals surface area contributed by atoms with Crippen molar-refractivity contribution in [2.24, 2.45) is 4.99 Å². The molecule has 10 heteroatoms. The standard InChI is InChI=1S/C19H11Cl2N3O4S/c20-10-5-3-6-11(15(10)21)22-19-23-17(27)16(29-19)14-9-4-1-2-7-12(9)24(18(14)28)8-13(25)26/h1-7H,8H2,(H,25,26)(H,22,23,27)/b16-14+. The molecular weight excluding hydrogens is 437 g/mol. The molecule has 0 unspecified atom stereocenters. The molecule has 146 valence electrons. The van der Waals surface area contributed by atoms with Crippen molar-refractivity contribution in [3.8, 4) is 0 Å². The van der Waals surface area contributed by atoms with Crippen LogP contribution in [0.15, 0.2) is 52.4 Å². The third-order valence-electron chi connectivity index (χ3n) is 4.22. The first-order valence-corrected chi connectivity index (χ1v) is 9.83. The summed E-state index contributed by atoms with van der Waals surface area (Å²) in [5.41, 5.74) is 1.46. The summed E-state index contributed by atoms with van der Waals surface area (Å²) in [5.74, 6) is -2.20. The predicted octanol–water partition coefficient (Wildman–Crippen LogP) is 3.69. The van der Waals surface area contributed by atoms with Crippen molar-refractivity contribution in [1.29, 1.82) is 0 Å². The lowest BCUT2D eigenvalue weighted by Gasteiger charge is -2.13. The van der Waals surface area contributed by atoms with E-state index in [0.717, 1.165) is 16.7 Å². The summed E-state index contributed by atoms with van der Waals surface area (Å²) in [5, 5.41) is 12.6. The van der Waals surface area contributed by atoms with E-state index in [-0.39, 0.29) is 20.7 Å². The summed E-state index contributed by atoms with van der Waals surface area (Å²) < 4.78 is 0. The normalized spacial score (nSPS) is 19.7. The SMILES string of the molecule is O=C(O)CN1C(=O)/C(=C2/SC(=Nc3cccc(Cl)c3Cl)NC2=O)c2ccccc21. The number of halogens is 2. The third kappa shape index (κ3) is 3.50.